The van der Waals surface area contributed by atoms with Crippen LogP contribution >= 0.6 is 0 Å². The van der Waals surface area contributed by atoms with E-state index in [0.29, 0.717) is 19.4 Å². The molecule has 0 aliphatic carbocycles. The predicted molar refractivity (Wildman–Crippen MR) is 55.3 cm³/mol. The molecule has 1 atom stereocenters. The van der Waals surface area contributed by atoms with E-state index in [4.69, 9.17) is 10.2 Å². The first kappa shape index (κ1) is 13.4. The maximum atomic E-state index is 10.9. The Kier molecular flexibility index (Phi) is 7.42. The van der Waals surface area contributed by atoms with E-state index >= 15 is 0 Å². The first-order chi connectivity index (χ1) is 6.67. The molecule has 0 bridgehead atoms. The Balaban J connectivity index is 4.18. The van der Waals surface area contributed by atoms with E-state index in [-0.39, 0.29) is 6.61 Å². The molecule has 0 aromatic carbocycles. The lowest BCUT2D eigenvalue weighted by Crippen LogP contribution is -2.41. The minimum absolute atomic E-state index is 0.120. The molecule has 1 unspecified atom stereocenters. The van der Waals surface area contributed by atoms with Crippen LogP contribution in [0.3, 0.4) is 0 Å². The van der Waals surface area contributed by atoms with Crippen molar-refractivity contribution in [1.82, 2.24) is 4.90 Å². The van der Waals surface area contributed by atoms with Crippen LogP contribution in [-0.4, -0.2) is 46.8 Å². The van der Waals surface area contributed by atoms with Gasteiger partial charge in [-0.1, -0.05) is 20.3 Å². The van der Waals surface area contributed by atoms with Crippen LogP contribution in [0.25, 0.3) is 0 Å². The number of hydrogen-bond acceptors (Lipinski definition) is 3. The Morgan fingerprint density at radius 3 is 2.43 bits per heavy atom. The van der Waals surface area contributed by atoms with Crippen molar-refractivity contribution in [3.63, 3.8) is 0 Å². The smallest absolute Gasteiger partial charge is 0.320 e. The number of nitrogens with zero attached hydrogens (tertiary/aromatic N) is 1. The van der Waals surface area contributed by atoms with Gasteiger partial charge >= 0.3 is 5.97 Å². The highest BCUT2D eigenvalue weighted by atomic mass is 16.4. The molecule has 4 nitrogen and oxygen atoms in total. The second kappa shape index (κ2) is 7.76. The van der Waals surface area contributed by atoms with E-state index < -0.39 is 12.0 Å². The first-order valence-corrected chi connectivity index (χ1v) is 5.25. The Morgan fingerprint density at radius 1 is 1.43 bits per heavy atom. The molecule has 0 amide bonds. The van der Waals surface area contributed by atoms with Gasteiger partial charge in [0.1, 0.15) is 6.04 Å². The summed E-state index contributed by atoms with van der Waals surface area (Å²) in [5.41, 5.74) is 0. The van der Waals surface area contributed by atoms with Crippen molar-refractivity contribution in [2.75, 3.05) is 19.7 Å². The lowest BCUT2D eigenvalue weighted by molar-refractivity contribution is -0.143. The number of carboxylic acid groups (broad SMARTS) is 1. The molecule has 0 rings (SSSR count). The summed E-state index contributed by atoms with van der Waals surface area (Å²) in [5, 5.41) is 17.7. The van der Waals surface area contributed by atoms with Gasteiger partial charge in [0.25, 0.3) is 0 Å². The fourth-order valence-electron chi connectivity index (χ4n) is 1.54. The molecule has 14 heavy (non-hydrogen) atoms. The molecule has 4 heteroatoms. The van der Waals surface area contributed by atoms with Crippen LogP contribution in [0.15, 0.2) is 0 Å². The van der Waals surface area contributed by atoms with E-state index in [1.807, 2.05) is 18.7 Å². The number of likely N-dealkylation sites (N-methyl/N-ethyl adjacent to an activating group) is 1. The van der Waals surface area contributed by atoms with Gasteiger partial charge in [0.2, 0.25) is 0 Å². The molecule has 0 saturated carbocycles. The third-order valence-electron chi connectivity index (χ3n) is 2.30. The van der Waals surface area contributed by atoms with Crippen molar-refractivity contribution in [3.8, 4) is 0 Å². The normalized spacial score (nSPS) is 13.1. The molecule has 0 aliphatic rings. The van der Waals surface area contributed by atoms with Crippen molar-refractivity contribution in [2.24, 2.45) is 0 Å². The zero-order valence-electron chi connectivity index (χ0n) is 9.07. The highest BCUT2D eigenvalue weighted by Gasteiger charge is 2.22. The van der Waals surface area contributed by atoms with Gasteiger partial charge in [-0.25, -0.2) is 0 Å². The molecule has 0 heterocycles. The number of aliphatic carboxylic acids is 1. The van der Waals surface area contributed by atoms with Gasteiger partial charge in [-0.2, -0.15) is 0 Å². The van der Waals surface area contributed by atoms with Crippen molar-refractivity contribution in [3.05, 3.63) is 0 Å². The van der Waals surface area contributed by atoms with Crippen LogP contribution in [0.1, 0.15) is 33.1 Å². The number of hydrogen-bond donors (Lipinski definition) is 2. The SMILES string of the molecule is CCCC(C(=O)O)N(CC)CCCO. The molecule has 0 aliphatic heterocycles. The Bertz CT molecular complexity index is 161. The Hall–Kier alpha value is -0.610. The minimum Gasteiger partial charge on any atom is -0.480 e. The number of aliphatic hydroxyl groups is 1. The molecule has 0 saturated heterocycles. The third kappa shape index (κ3) is 4.58. The average molecular weight is 203 g/mol. The largest absolute Gasteiger partial charge is 0.480 e. The van der Waals surface area contributed by atoms with Crippen molar-refractivity contribution >= 4 is 5.97 Å². The fraction of sp³-hybridized carbons (Fsp3) is 0.900. The van der Waals surface area contributed by atoms with Gasteiger partial charge in [-0.05, 0) is 19.4 Å². The first-order valence-electron chi connectivity index (χ1n) is 5.25. The van der Waals surface area contributed by atoms with E-state index in [1.54, 1.807) is 0 Å². The van der Waals surface area contributed by atoms with Crippen LogP contribution in [0, 0.1) is 0 Å². The molecule has 0 aromatic heterocycles. The monoisotopic (exact) mass is 203 g/mol. The summed E-state index contributed by atoms with van der Waals surface area (Å²) in [7, 11) is 0. The van der Waals surface area contributed by atoms with Gasteiger partial charge in [-0.15, -0.1) is 0 Å². The predicted octanol–water partition coefficient (Wildman–Crippen LogP) is 0.944. The lowest BCUT2D eigenvalue weighted by Gasteiger charge is -2.26. The Labute approximate surface area is 85.5 Å². The molecular formula is C10H21NO3. The summed E-state index contributed by atoms with van der Waals surface area (Å²) in [5.74, 6) is -0.758. The van der Waals surface area contributed by atoms with E-state index in [0.717, 1.165) is 13.0 Å². The van der Waals surface area contributed by atoms with Crippen molar-refractivity contribution < 1.29 is 15.0 Å². The summed E-state index contributed by atoms with van der Waals surface area (Å²) in [6.45, 7) is 5.43. The van der Waals surface area contributed by atoms with Gasteiger partial charge in [-0.3, -0.25) is 9.69 Å². The van der Waals surface area contributed by atoms with Gasteiger partial charge in [0.05, 0.1) is 0 Å². The van der Waals surface area contributed by atoms with Crippen LogP contribution in [0.2, 0.25) is 0 Å². The molecule has 0 aromatic rings. The minimum atomic E-state index is -0.758. The van der Waals surface area contributed by atoms with E-state index in [1.165, 1.54) is 0 Å². The number of carboxylic acids is 1. The topological polar surface area (TPSA) is 60.8 Å². The zero-order valence-corrected chi connectivity index (χ0v) is 9.07. The maximum absolute atomic E-state index is 10.9. The second-order valence-corrected chi connectivity index (χ2v) is 3.35. The number of carbonyl (C=O) groups is 1. The summed E-state index contributed by atoms with van der Waals surface area (Å²) >= 11 is 0. The van der Waals surface area contributed by atoms with E-state index in [2.05, 4.69) is 0 Å². The highest BCUT2D eigenvalue weighted by Crippen LogP contribution is 2.07. The summed E-state index contributed by atoms with van der Waals surface area (Å²) < 4.78 is 0. The standard InChI is InChI=1S/C10H21NO3/c1-3-6-9(10(13)14)11(4-2)7-5-8-12/h9,12H,3-8H2,1-2H3,(H,13,14). The third-order valence-corrected chi connectivity index (χ3v) is 2.30. The fourth-order valence-corrected chi connectivity index (χ4v) is 1.54. The zero-order chi connectivity index (χ0) is 11.0. The van der Waals surface area contributed by atoms with Crippen LogP contribution in [0.4, 0.5) is 0 Å². The second-order valence-electron chi connectivity index (χ2n) is 3.35. The molecular weight excluding hydrogens is 182 g/mol. The average Bonchev–Trinajstić information content (AvgIpc) is 2.17. The van der Waals surface area contributed by atoms with Gasteiger partial charge in [0.15, 0.2) is 0 Å². The van der Waals surface area contributed by atoms with Crippen molar-refractivity contribution in [1.29, 1.82) is 0 Å². The van der Waals surface area contributed by atoms with Gasteiger partial charge < -0.3 is 10.2 Å². The quantitative estimate of drug-likeness (QED) is 0.616. The van der Waals surface area contributed by atoms with Crippen LogP contribution < -0.4 is 0 Å². The molecule has 2 N–H and O–H groups in total. The van der Waals surface area contributed by atoms with Gasteiger partial charge in [0, 0.05) is 13.2 Å². The van der Waals surface area contributed by atoms with Crippen LogP contribution in [0.5, 0.6) is 0 Å². The van der Waals surface area contributed by atoms with Crippen LogP contribution in [-0.2, 0) is 4.79 Å². The molecule has 0 radical (unpaired) electrons. The van der Waals surface area contributed by atoms with Crippen molar-refractivity contribution in [2.45, 2.75) is 39.2 Å². The molecule has 0 spiro atoms. The summed E-state index contributed by atoms with van der Waals surface area (Å²) in [6, 6.07) is -0.392. The van der Waals surface area contributed by atoms with E-state index in [9.17, 15) is 4.79 Å². The Morgan fingerprint density at radius 2 is 2.07 bits per heavy atom. The molecule has 0 fully saturated rings. The summed E-state index contributed by atoms with van der Waals surface area (Å²) in [4.78, 5) is 12.9. The number of aliphatic hydroxyl groups excluding tert-OH is 1. The lowest BCUT2D eigenvalue weighted by atomic mass is 10.1. The maximum Gasteiger partial charge on any atom is 0.320 e. The number of rotatable bonds is 8. The highest BCUT2D eigenvalue weighted by molar-refractivity contribution is 5.73. The molecule has 84 valence electrons. The summed E-state index contributed by atoms with van der Waals surface area (Å²) in [6.07, 6.45) is 2.18.